The molecule has 0 atom stereocenters. The third kappa shape index (κ3) is 6.26. The topological polar surface area (TPSA) is 42.1 Å². The number of ether oxygens (including phenoxy) is 1. The number of benzene rings is 1. The van der Waals surface area contributed by atoms with Crippen molar-refractivity contribution in [3.63, 3.8) is 0 Å². The van der Waals surface area contributed by atoms with Gasteiger partial charge >= 0.3 is 0 Å². The van der Waals surface area contributed by atoms with E-state index in [9.17, 15) is 0 Å². The van der Waals surface area contributed by atoms with Crippen LogP contribution in [-0.2, 0) is 6.54 Å². The fourth-order valence-corrected chi connectivity index (χ4v) is 3.82. The number of likely N-dealkylation sites (tertiary alicyclic amines) is 1. The third-order valence-electron chi connectivity index (χ3n) is 5.07. The molecule has 5 nitrogen and oxygen atoms in total. The molecule has 0 unspecified atom stereocenters. The Bertz CT molecular complexity index is 682. The maximum absolute atomic E-state index is 5.70. The highest BCUT2D eigenvalue weighted by molar-refractivity contribution is 7.80. The fraction of sp³-hybridized carbons (Fsp3) is 0.476. The Hall–Kier alpha value is -2.05. The average Bonchev–Trinajstić information content (AvgIpc) is 3.22. The molecular formula is C21H30N3O2S+. The lowest BCUT2D eigenvalue weighted by molar-refractivity contribution is -0.905. The van der Waals surface area contributed by atoms with Crippen molar-refractivity contribution < 1.29 is 14.1 Å². The number of methoxy groups -OCH3 is 1. The van der Waals surface area contributed by atoms with E-state index in [0.717, 1.165) is 35.3 Å². The zero-order chi connectivity index (χ0) is 18.9. The molecule has 2 heterocycles. The number of rotatable bonds is 8. The van der Waals surface area contributed by atoms with Gasteiger partial charge in [-0.1, -0.05) is 0 Å². The predicted molar refractivity (Wildman–Crippen MR) is 112 cm³/mol. The van der Waals surface area contributed by atoms with Gasteiger partial charge in [0.2, 0.25) is 0 Å². The van der Waals surface area contributed by atoms with Gasteiger partial charge in [0, 0.05) is 18.7 Å². The summed E-state index contributed by atoms with van der Waals surface area (Å²) in [6, 6.07) is 11.7. The van der Waals surface area contributed by atoms with Crippen LogP contribution in [0.1, 0.15) is 31.4 Å². The Balaban J connectivity index is 1.56. The molecule has 2 aromatic rings. The molecule has 0 spiro atoms. The molecule has 0 bridgehead atoms. The summed E-state index contributed by atoms with van der Waals surface area (Å²) in [6.07, 6.45) is 6.96. The van der Waals surface area contributed by atoms with Crippen molar-refractivity contribution in [2.75, 3.05) is 38.6 Å². The monoisotopic (exact) mass is 388 g/mol. The Morgan fingerprint density at radius 2 is 1.96 bits per heavy atom. The van der Waals surface area contributed by atoms with E-state index in [-0.39, 0.29) is 0 Å². The molecule has 0 amide bonds. The van der Waals surface area contributed by atoms with Crippen molar-refractivity contribution in [3.8, 4) is 5.75 Å². The molecule has 1 aromatic heterocycles. The average molecular weight is 389 g/mol. The highest BCUT2D eigenvalue weighted by Crippen LogP contribution is 2.16. The number of hydrogen-bond donors (Lipinski definition) is 2. The van der Waals surface area contributed by atoms with Gasteiger partial charge in [-0.25, -0.2) is 0 Å². The number of nitrogens with zero attached hydrogens (tertiary/aromatic N) is 1. The first kappa shape index (κ1) is 19.7. The standard InChI is InChI=1S/C21H29N3O2S/c1-25-19-10-8-18(9-11-19)22-21(27)24(17-20-7-5-16-26-20)15-6-14-23-12-3-2-4-13-23/h5,7-11,16H,2-4,6,12-15,17H2,1H3,(H,22,27)/p+1. The molecule has 27 heavy (non-hydrogen) atoms. The summed E-state index contributed by atoms with van der Waals surface area (Å²) < 4.78 is 10.8. The summed E-state index contributed by atoms with van der Waals surface area (Å²) in [5.74, 6) is 1.77. The second-order valence-electron chi connectivity index (χ2n) is 7.07. The fourth-order valence-electron chi connectivity index (χ4n) is 3.54. The van der Waals surface area contributed by atoms with E-state index >= 15 is 0 Å². The van der Waals surface area contributed by atoms with E-state index in [1.54, 1.807) is 18.3 Å². The van der Waals surface area contributed by atoms with Crippen LogP contribution >= 0.6 is 12.2 Å². The predicted octanol–water partition coefficient (Wildman–Crippen LogP) is 2.95. The SMILES string of the molecule is COc1ccc(NC(=S)N(CCC[NH+]2CCCCC2)Cc2ccco2)cc1. The lowest BCUT2D eigenvalue weighted by Gasteiger charge is -2.27. The van der Waals surface area contributed by atoms with Crippen LogP contribution in [0.3, 0.4) is 0 Å². The molecule has 0 aliphatic carbocycles. The number of thiocarbonyl (C=S) groups is 1. The van der Waals surface area contributed by atoms with Gasteiger partial charge in [0.1, 0.15) is 11.5 Å². The van der Waals surface area contributed by atoms with E-state index in [2.05, 4.69) is 10.2 Å². The van der Waals surface area contributed by atoms with Crippen LogP contribution < -0.4 is 15.0 Å². The van der Waals surface area contributed by atoms with Crippen LogP contribution in [0.2, 0.25) is 0 Å². The Kier molecular flexibility index (Phi) is 7.54. The zero-order valence-corrected chi connectivity index (χ0v) is 16.9. The van der Waals surface area contributed by atoms with Gasteiger partial charge in [-0.2, -0.15) is 0 Å². The van der Waals surface area contributed by atoms with Crippen molar-refractivity contribution in [1.82, 2.24) is 4.90 Å². The van der Waals surface area contributed by atoms with E-state index < -0.39 is 0 Å². The van der Waals surface area contributed by atoms with Crippen LogP contribution in [0.25, 0.3) is 0 Å². The summed E-state index contributed by atoms with van der Waals surface area (Å²) in [4.78, 5) is 3.93. The highest BCUT2D eigenvalue weighted by atomic mass is 32.1. The second kappa shape index (κ2) is 10.3. The minimum Gasteiger partial charge on any atom is -0.497 e. The van der Waals surface area contributed by atoms with Crippen molar-refractivity contribution >= 4 is 23.0 Å². The summed E-state index contributed by atoms with van der Waals surface area (Å²) in [6.45, 7) is 5.44. The number of anilines is 1. The first-order valence-corrected chi connectivity index (χ1v) is 10.2. The number of quaternary nitrogens is 1. The molecule has 3 rings (SSSR count). The molecule has 1 saturated heterocycles. The van der Waals surface area contributed by atoms with Crippen molar-refractivity contribution in [1.29, 1.82) is 0 Å². The number of piperidine rings is 1. The third-order valence-corrected chi connectivity index (χ3v) is 5.43. The number of nitrogens with one attached hydrogen (secondary N) is 2. The molecule has 0 radical (unpaired) electrons. The number of furan rings is 1. The van der Waals surface area contributed by atoms with Crippen LogP contribution in [0.4, 0.5) is 5.69 Å². The van der Waals surface area contributed by atoms with Gasteiger partial charge in [0.05, 0.1) is 39.6 Å². The van der Waals surface area contributed by atoms with E-state index in [0.29, 0.717) is 6.54 Å². The summed E-state index contributed by atoms with van der Waals surface area (Å²) in [5.41, 5.74) is 0.965. The Morgan fingerprint density at radius 3 is 2.63 bits per heavy atom. The molecule has 1 aliphatic heterocycles. The molecule has 1 aliphatic rings. The normalized spacial score (nSPS) is 14.7. The van der Waals surface area contributed by atoms with Crippen LogP contribution in [-0.4, -0.2) is 43.3 Å². The van der Waals surface area contributed by atoms with E-state index in [4.69, 9.17) is 21.4 Å². The maximum atomic E-state index is 5.70. The highest BCUT2D eigenvalue weighted by Gasteiger charge is 2.16. The zero-order valence-electron chi connectivity index (χ0n) is 16.1. The van der Waals surface area contributed by atoms with E-state index in [1.807, 2.05) is 36.4 Å². The summed E-state index contributed by atoms with van der Waals surface area (Å²) in [5, 5.41) is 4.07. The van der Waals surface area contributed by atoms with Crippen molar-refractivity contribution in [2.24, 2.45) is 0 Å². The first-order valence-electron chi connectivity index (χ1n) is 9.80. The van der Waals surface area contributed by atoms with Gasteiger partial charge in [0.15, 0.2) is 5.11 Å². The molecule has 6 heteroatoms. The van der Waals surface area contributed by atoms with Crippen LogP contribution in [0.15, 0.2) is 47.1 Å². The lowest BCUT2D eigenvalue weighted by atomic mass is 10.1. The van der Waals surface area contributed by atoms with Gasteiger partial charge in [-0.15, -0.1) is 0 Å². The molecule has 1 fully saturated rings. The van der Waals surface area contributed by atoms with Crippen molar-refractivity contribution in [3.05, 3.63) is 48.4 Å². The summed E-state index contributed by atoms with van der Waals surface area (Å²) >= 11 is 5.70. The second-order valence-corrected chi connectivity index (χ2v) is 7.46. The van der Waals surface area contributed by atoms with Crippen LogP contribution in [0.5, 0.6) is 5.75 Å². The van der Waals surface area contributed by atoms with Gasteiger partial charge in [-0.3, -0.25) is 0 Å². The molecule has 0 saturated carbocycles. The van der Waals surface area contributed by atoms with Gasteiger partial charge in [-0.05, 0) is 67.9 Å². The first-order chi connectivity index (χ1) is 13.2. The molecule has 1 aromatic carbocycles. The largest absolute Gasteiger partial charge is 0.497 e. The molecular weight excluding hydrogens is 358 g/mol. The minimum absolute atomic E-state index is 0.685. The molecule has 2 N–H and O–H groups in total. The lowest BCUT2D eigenvalue weighted by Crippen LogP contribution is -3.12. The van der Waals surface area contributed by atoms with Gasteiger partial charge < -0.3 is 24.3 Å². The Labute approximate surface area is 167 Å². The minimum atomic E-state index is 0.685. The van der Waals surface area contributed by atoms with Gasteiger partial charge in [0.25, 0.3) is 0 Å². The van der Waals surface area contributed by atoms with Crippen LogP contribution in [0, 0.1) is 0 Å². The molecule has 146 valence electrons. The quantitative estimate of drug-likeness (QED) is 0.681. The maximum Gasteiger partial charge on any atom is 0.173 e. The summed E-state index contributed by atoms with van der Waals surface area (Å²) in [7, 11) is 1.67. The Morgan fingerprint density at radius 1 is 1.19 bits per heavy atom. The smallest absolute Gasteiger partial charge is 0.173 e. The number of hydrogen-bond acceptors (Lipinski definition) is 3. The van der Waals surface area contributed by atoms with E-state index in [1.165, 1.54) is 38.9 Å². The van der Waals surface area contributed by atoms with Crippen molar-refractivity contribution in [2.45, 2.75) is 32.2 Å².